The van der Waals surface area contributed by atoms with Crippen molar-refractivity contribution < 1.29 is 4.79 Å². The van der Waals surface area contributed by atoms with Crippen molar-refractivity contribution in [2.24, 2.45) is 5.73 Å². The van der Waals surface area contributed by atoms with E-state index in [2.05, 4.69) is 19.9 Å². The van der Waals surface area contributed by atoms with E-state index in [0.717, 1.165) is 5.56 Å². The second-order valence-corrected chi connectivity index (χ2v) is 3.75. The number of hydrogen-bond donors (Lipinski definition) is 2. The van der Waals surface area contributed by atoms with Gasteiger partial charge >= 0.3 is 0 Å². The van der Waals surface area contributed by atoms with Crippen molar-refractivity contribution in [3.63, 3.8) is 0 Å². The molecule has 3 rings (SSSR count). The van der Waals surface area contributed by atoms with Gasteiger partial charge in [-0.3, -0.25) is 4.79 Å². The molecule has 1 amide bonds. The highest BCUT2D eigenvalue weighted by molar-refractivity contribution is 5.92. The summed E-state index contributed by atoms with van der Waals surface area (Å²) in [7, 11) is 0. The zero-order valence-electron chi connectivity index (χ0n) is 9.29. The lowest BCUT2D eigenvalue weighted by Crippen LogP contribution is -2.12. The minimum atomic E-state index is -0.616. The maximum Gasteiger partial charge on any atom is 0.284 e. The van der Waals surface area contributed by atoms with E-state index in [1.54, 1.807) is 6.20 Å². The predicted molar refractivity (Wildman–Crippen MR) is 65.6 cm³/mol. The van der Waals surface area contributed by atoms with Crippen LogP contribution < -0.4 is 5.73 Å². The average Bonchev–Trinajstić information content (AvgIpc) is 2.82. The van der Waals surface area contributed by atoms with Crippen molar-refractivity contribution in [2.75, 3.05) is 0 Å². The number of aromatic amines is 1. The molecule has 3 aromatic rings. The number of carbonyl (C=O) groups is 1. The summed E-state index contributed by atoms with van der Waals surface area (Å²) in [5.41, 5.74) is 7.05. The Morgan fingerprint density at radius 3 is 2.67 bits per heavy atom. The van der Waals surface area contributed by atoms with Crippen LogP contribution in [0, 0.1) is 0 Å². The zero-order chi connectivity index (χ0) is 12.5. The molecule has 6 nitrogen and oxygen atoms in total. The van der Waals surface area contributed by atoms with Gasteiger partial charge in [0.2, 0.25) is 0 Å². The number of rotatable bonds is 2. The molecule has 0 spiro atoms. The first kappa shape index (κ1) is 10.4. The van der Waals surface area contributed by atoms with E-state index in [-0.39, 0.29) is 5.82 Å². The van der Waals surface area contributed by atoms with Crippen molar-refractivity contribution in [1.82, 2.24) is 19.9 Å². The summed E-state index contributed by atoms with van der Waals surface area (Å²) in [5.74, 6) is 0.0318. The van der Waals surface area contributed by atoms with Crippen LogP contribution in [-0.4, -0.2) is 25.8 Å². The second kappa shape index (κ2) is 3.92. The first-order valence-corrected chi connectivity index (χ1v) is 5.32. The molecule has 0 aliphatic heterocycles. The Morgan fingerprint density at radius 2 is 1.94 bits per heavy atom. The number of primary amides is 1. The van der Waals surface area contributed by atoms with E-state index in [4.69, 9.17) is 5.73 Å². The van der Waals surface area contributed by atoms with Crippen molar-refractivity contribution in [3.05, 3.63) is 42.4 Å². The predicted octanol–water partition coefficient (Wildman–Crippen LogP) is 1.12. The number of nitrogens with one attached hydrogen (secondary N) is 1. The van der Waals surface area contributed by atoms with Gasteiger partial charge in [-0.15, -0.1) is 0 Å². The summed E-state index contributed by atoms with van der Waals surface area (Å²) in [6, 6.07) is 9.54. The number of H-pyrrole nitrogens is 1. The summed E-state index contributed by atoms with van der Waals surface area (Å²) in [4.78, 5) is 26.3. The third-order valence-electron chi connectivity index (χ3n) is 2.50. The maximum atomic E-state index is 11.0. The summed E-state index contributed by atoms with van der Waals surface area (Å²) >= 11 is 0. The number of aromatic nitrogens is 4. The van der Waals surface area contributed by atoms with E-state index in [9.17, 15) is 4.79 Å². The number of nitrogens with zero attached hydrogens (tertiary/aromatic N) is 3. The standard InChI is InChI=1S/C12H9N5O/c13-9(18)12-15-8-6-14-10(16-11(8)17-12)7-4-2-1-3-5-7/h1-6H,(H2,13,18)(H,14,15,16,17). The summed E-state index contributed by atoms with van der Waals surface area (Å²) in [6.45, 7) is 0. The number of hydrogen-bond acceptors (Lipinski definition) is 4. The smallest absolute Gasteiger partial charge is 0.284 e. The zero-order valence-corrected chi connectivity index (χ0v) is 9.29. The summed E-state index contributed by atoms with van der Waals surface area (Å²) in [5, 5.41) is 0. The Kier molecular flexibility index (Phi) is 2.26. The van der Waals surface area contributed by atoms with Gasteiger partial charge in [-0.2, -0.15) is 0 Å². The molecule has 0 fully saturated rings. The van der Waals surface area contributed by atoms with Gasteiger partial charge < -0.3 is 10.7 Å². The molecule has 0 atom stereocenters. The molecule has 0 aliphatic rings. The minimum Gasteiger partial charge on any atom is -0.363 e. The van der Waals surface area contributed by atoms with Gasteiger partial charge in [-0.05, 0) is 0 Å². The monoisotopic (exact) mass is 239 g/mol. The lowest BCUT2D eigenvalue weighted by atomic mass is 10.2. The van der Waals surface area contributed by atoms with Gasteiger partial charge in [0, 0.05) is 5.56 Å². The van der Waals surface area contributed by atoms with Crippen LogP contribution in [-0.2, 0) is 0 Å². The van der Waals surface area contributed by atoms with Crippen molar-refractivity contribution in [2.45, 2.75) is 0 Å². The highest BCUT2D eigenvalue weighted by atomic mass is 16.1. The Labute approximate surface area is 102 Å². The van der Waals surface area contributed by atoms with E-state index < -0.39 is 5.91 Å². The van der Waals surface area contributed by atoms with Gasteiger partial charge in [-0.25, -0.2) is 15.0 Å². The molecule has 0 aliphatic carbocycles. The largest absolute Gasteiger partial charge is 0.363 e. The van der Waals surface area contributed by atoms with Crippen LogP contribution in [0.4, 0.5) is 0 Å². The van der Waals surface area contributed by atoms with Crippen LogP contribution in [0.2, 0.25) is 0 Å². The number of nitrogens with two attached hydrogens (primary N) is 1. The minimum absolute atomic E-state index is 0.0875. The first-order valence-electron chi connectivity index (χ1n) is 5.32. The quantitative estimate of drug-likeness (QED) is 0.700. The van der Waals surface area contributed by atoms with Crippen LogP contribution >= 0.6 is 0 Å². The van der Waals surface area contributed by atoms with E-state index in [1.807, 2.05) is 30.3 Å². The van der Waals surface area contributed by atoms with Gasteiger partial charge in [0.05, 0.1) is 6.20 Å². The number of carbonyl (C=O) groups excluding carboxylic acids is 1. The average molecular weight is 239 g/mol. The number of imidazole rings is 1. The van der Waals surface area contributed by atoms with Crippen molar-refractivity contribution >= 4 is 17.1 Å². The third kappa shape index (κ3) is 1.69. The number of fused-ring (bicyclic) bond motifs is 1. The molecule has 2 aromatic heterocycles. The van der Waals surface area contributed by atoms with Crippen molar-refractivity contribution in [3.8, 4) is 11.4 Å². The van der Waals surface area contributed by atoms with Crippen LogP contribution in [0.25, 0.3) is 22.6 Å². The molecular formula is C12H9N5O. The van der Waals surface area contributed by atoms with Crippen LogP contribution in [0.1, 0.15) is 10.6 Å². The molecule has 0 saturated carbocycles. The molecule has 2 heterocycles. The Morgan fingerprint density at radius 1 is 1.17 bits per heavy atom. The molecule has 1 aromatic carbocycles. The summed E-state index contributed by atoms with van der Waals surface area (Å²) < 4.78 is 0. The van der Waals surface area contributed by atoms with Gasteiger partial charge in [0.25, 0.3) is 5.91 Å². The van der Waals surface area contributed by atoms with Gasteiger partial charge in [-0.1, -0.05) is 30.3 Å². The Balaban J connectivity index is 2.14. The van der Waals surface area contributed by atoms with Gasteiger partial charge in [0.15, 0.2) is 17.3 Å². The van der Waals surface area contributed by atoms with Crippen LogP contribution in [0.3, 0.4) is 0 Å². The highest BCUT2D eigenvalue weighted by Crippen LogP contribution is 2.16. The molecule has 88 valence electrons. The van der Waals surface area contributed by atoms with E-state index in [0.29, 0.717) is 17.0 Å². The number of benzene rings is 1. The van der Waals surface area contributed by atoms with E-state index in [1.165, 1.54) is 0 Å². The Bertz CT molecular complexity index is 720. The number of amides is 1. The fourth-order valence-electron chi connectivity index (χ4n) is 1.65. The molecule has 6 heteroatoms. The highest BCUT2D eigenvalue weighted by Gasteiger charge is 2.10. The maximum absolute atomic E-state index is 11.0. The molecule has 0 radical (unpaired) electrons. The second-order valence-electron chi connectivity index (χ2n) is 3.75. The summed E-state index contributed by atoms with van der Waals surface area (Å²) in [6.07, 6.45) is 1.59. The fraction of sp³-hybridized carbons (Fsp3) is 0. The first-order chi connectivity index (χ1) is 8.74. The SMILES string of the molecule is NC(=O)c1nc2nc(-c3ccccc3)ncc2[nH]1. The van der Waals surface area contributed by atoms with E-state index >= 15 is 0 Å². The Hall–Kier alpha value is -2.76. The molecule has 0 bridgehead atoms. The third-order valence-corrected chi connectivity index (χ3v) is 2.50. The fourth-order valence-corrected chi connectivity index (χ4v) is 1.65. The molecule has 18 heavy (non-hydrogen) atoms. The van der Waals surface area contributed by atoms with Gasteiger partial charge in [0.1, 0.15) is 5.52 Å². The lowest BCUT2D eigenvalue weighted by Gasteiger charge is -1.97. The molecule has 0 saturated heterocycles. The molecule has 3 N–H and O–H groups in total. The lowest BCUT2D eigenvalue weighted by molar-refractivity contribution is 0.0991. The van der Waals surface area contributed by atoms with Crippen molar-refractivity contribution in [1.29, 1.82) is 0 Å². The van der Waals surface area contributed by atoms with Crippen LogP contribution in [0.15, 0.2) is 36.5 Å². The topological polar surface area (TPSA) is 97.6 Å². The van der Waals surface area contributed by atoms with Crippen LogP contribution in [0.5, 0.6) is 0 Å². The molecular weight excluding hydrogens is 230 g/mol. The molecule has 0 unspecified atom stereocenters. The normalized spacial score (nSPS) is 10.7.